The Labute approximate surface area is 120 Å². The maximum absolute atomic E-state index is 11.6. The molecule has 2 rings (SSSR count). The van der Waals surface area contributed by atoms with Crippen LogP contribution in [0.3, 0.4) is 0 Å². The van der Waals surface area contributed by atoms with Crippen molar-refractivity contribution in [2.45, 2.75) is 6.54 Å². The van der Waals surface area contributed by atoms with E-state index in [0.29, 0.717) is 22.3 Å². The number of amides is 1. The van der Waals surface area contributed by atoms with Crippen molar-refractivity contribution >= 4 is 29.1 Å². The highest BCUT2D eigenvalue weighted by Gasteiger charge is 2.06. The molecule has 1 aromatic carbocycles. The van der Waals surface area contributed by atoms with E-state index in [1.807, 2.05) is 12.3 Å². The van der Waals surface area contributed by atoms with E-state index in [2.05, 4.69) is 10.3 Å². The number of hydrogen-bond acceptors (Lipinski definition) is 2. The van der Waals surface area contributed by atoms with Crippen LogP contribution in [-0.2, 0) is 11.3 Å². The molecule has 1 amide bonds. The first-order valence-electron chi connectivity index (χ1n) is 5.61. The van der Waals surface area contributed by atoms with Crippen LogP contribution in [0.15, 0.2) is 36.7 Å². The Morgan fingerprint density at radius 2 is 2.16 bits per heavy atom. The molecule has 0 fully saturated rings. The molecule has 1 heterocycles. The van der Waals surface area contributed by atoms with Gasteiger partial charge in [-0.05, 0) is 29.8 Å². The molecule has 100 valence electrons. The molecular formula is C13H12Cl2N2O2. The van der Waals surface area contributed by atoms with E-state index in [-0.39, 0.29) is 12.5 Å². The van der Waals surface area contributed by atoms with E-state index in [9.17, 15) is 4.79 Å². The van der Waals surface area contributed by atoms with Gasteiger partial charge in [0.2, 0.25) is 0 Å². The molecule has 1 aromatic heterocycles. The topological polar surface area (TPSA) is 54.1 Å². The molecule has 4 nitrogen and oxygen atoms in total. The first-order chi connectivity index (χ1) is 9.15. The Morgan fingerprint density at radius 3 is 2.84 bits per heavy atom. The molecule has 2 N–H and O–H groups in total. The molecule has 6 heteroatoms. The second-order valence-electron chi connectivity index (χ2n) is 3.86. The van der Waals surface area contributed by atoms with Crippen molar-refractivity contribution in [1.82, 2.24) is 10.3 Å². The van der Waals surface area contributed by atoms with Gasteiger partial charge in [-0.15, -0.1) is 0 Å². The lowest BCUT2D eigenvalue weighted by atomic mass is 10.3. The minimum absolute atomic E-state index is 0.0915. The van der Waals surface area contributed by atoms with Gasteiger partial charge in [-0.1, -0.05) is 23.2 Å². The molecule has 19 heavy (non-hydrogen) atoms. The van der Waals surface area contributed by atoms with Crippen molar-refractivity contribution in [3.8, 4) is 5.75 Å². The lowest BCUT2D eigenvalue weighted by molar-refractivity contribution is -0.123. The summed E-state index contributed by atoms with van der Waals surface area (Å²) in [5.41, 5.74) is 0.998. The summed E-state index contributed by atoms with van der Waals surface area (Å²) in [5, 5.41) is 3.64. The van der Waals surface area contributed by atoms with Gasteiger partial charge in [0.1, 0.15) is 5.75 Å². The number of hydrogen-bond donors (Lipinski definition) is 2. The van der Waals surface area contributed by atoms with Crippen LogP contribution in [0, 0.1) is 0 Å². The average molecular weight is 299 g/mol. The Kier molecular flexibility index (Phi) is 4.71. The summed E-state index contributed by atoms with van der Waals surface area (Å²) in [6.45, 7) is 0.367. The molecule has 0 aliphatic rings. The van der Waals surface area contributed by atoms with E-state index in [4.69, 9.17) is 27.9 Å². The smallest absolute Gasteiger partial charge is 0.258 e. The van der Waals surface area contributed by atoms with Gasteiger partial charge in [-0.3, -0.25) is 4.79 Å². The number of halogens is 2. The van der Waals surface area contributed by atoms with Gasteiger partial charge in [0.05, 0.1) is 5.02 Å². The molecule has 0 aliphatic heterocycles. The zero-order valence-corrected chi connectivity index (χ0v) is 11.5. The van der Waals surface area contributed by atoms with Crippen LogP contribution in [0.1, 0.15) is 5.56 Å². The van der Waals surface area contributed by atoms with Crippen LogP contribution in [0.4, 0.5) is 0 Å². The second-order valence-corrected chi connectivity index (χ2v) is 4.70. The molecular weight excluding hydrogens is 287 g/mol. The van der Waals surface area contributed by atoms with E-state index >= 15 is 0 Å². The van der Waals surface area contributed by atoms with Crippen molar-refractivity contribution in [1.29, 1.82) is 0 Å². The van der Waals surface area contributed by atoms with E-state index in [1.165, 1.54) is 0 Å². The minimum atomic E-state index is -0.216. The van der Waals surface area contributed by atoms with Gasteiger partial charge in [-0.2, -0.15) is 0 Å². The summed E-state index contributed by atoms with van der Waals surface area (Å²) < 4.78 is 5.31. The van der Waals surface area contributed by atoms with Crippen LogP contribution in [0.2, 0.25) is 10.0 Å². The Bertz CT molecular complexity index is 556. The number of rotatable bonds is 5. The third-order valence-electron chi connectivity index (χ3n) is 2.40. The second kappa shape index (κ2) is 6.50. The van der Waals surface area contributed by atoms with Gasteiger partial charge in [0, 0.05) is 24.0 Å². The molecule has 0 bridgehead atoms. The van der Waals surface area contributed by atoms with Crippen molar-refractivity contribution in [3.05, 3.63) is 52.3 Å². The minimum Gasteiger partial charge on any atom is -0.482 e. The fourth-order valence-electron chi connectivity index (χ4n) is 1.46. The van der Waals surface area contributed by atoms with Gasteiger partial charge in [0.15, 0.2) is 6.61 Å². The summed E-state index contributed by atoms with van der Waals surface area (Å²) >= 11 is 11.7. The molecule has 0 unspecified atom stereocenters. The SMILES string of the molecule is O=C(COc1ccc(Cl)cc1Cl)NCc1cc[nH]c1. The quantitative estimate of drug-likeness (QED) is 0.891. The van der Waals surface area contributed by atoms with Crippen molar-refractivity contribution in [2.75, 3.05) is 6.61 Å². The number of H-pyrrole nitrogens is 1. The molecule has 0 saturated heterocycles. The molecule has 2 aromatic rings. The lowest BCUT2D eigenvalue weighted by Gasteiger charge is -2.08. The van der Waals surface area contributed by atoms with E-state index < -0.39 is 0 Å². The van der Waals surface area contributed by atoms with Crippen LogP contribution < -0.4 is 10.1 Å². The molecule has 0 spiro atoms. The zero-order chi connectivity index (χ0) is 13.7. The maximum atomic E-state index is 11.6. The number of nitrogens with one attached hydrogen (secondary N) is 2. The first kappa shape index (κ1) is 13.8. The predicted octanol–water partition coefficient (Wildman–Crippen LogP) is 3.02. The summed E-state index contributed by atoms with van der Waals surface area (Å²) in [4.78, 5) is 14.5. The molecule has 0 radical (unpaired) electrons. The Balaban J connectivity index is 1.80. The number of benzene rings is 1. The maximum Gasteiger partial charge on any atom is 0.258 e. The number of ether oxygens (including phenoxy) is 1. The van der Waals surface area contributed by atoms with Crippen molar-refractivity contribution < 1.29 is 9.53 Å². The highest BCUT2D eigenvalue weighted by Crippen LogP contribution is 2.27. The highest BCUT2D eigenvalue weighted by molar-refractivity contribution is 6.35. The number of aromatic amines is 1. The highest BCUT2D eigenvalue weighted by atomic mass is 35.5. The predicted molar refractivity (Wildman–Crippen MR) is 74.6 cm³/mol. The van der Waals surface area contributed by atoms with Crippen LogP contribution in [0.25, 0.3) is 0 Å². The number of aromatic nitrogens is 1. The van der Waals surface area contributed by atoms with Crippen molar-refractivity contribution in [3.63, 3.8) is 0 Å². The average Bonchev–Trinajstić information content (AvgIpc) is 2.88. The Hall–Kier alpha value is -1.65. The monoisotopic (exact) mass is 298 g/mol. The summed E-state index contributed by atoms with van der Waals surface area (Å²) in [5.74, 6) is 0.218. The third-order valence-corrected chi connectivity index (χ3v) is 2.94. The van der Waals surface area contributed by atoms with E-state index in [0.717, 1.165) is 5.56 Å². The number of carbonyl (C=O) groups excluding carboxylic acids is 1. The van der Waals surface area contributed by atoms with Gasteiger partial charge in [-0.25, -0.2) is 0 Å². The van der Waals surface area contributed by atoms with Crippen molar-refractivity contribution in [2.24, 2.45) is 0 Å². The summed E-state index contributed by atoms with van der Waals surface area (Å²) in [6, 6.07) is 6.73. The lowest BCUT2D eigenvalue weighted by Crippen LogP contribution is -2.28. The fourth-order valence-corrected chi connectivity index (χ4v) is 1.92. The van der Waals surface area contributed by atoms with Gasteiger partial charge >= 0.3 is 0 Å². The molecule has 0 aliphatic carbocycles. The van der Waals surface area contributed by atoms with Gasteiger partial charge < -0.3 is 15.0 Å². The standard InChI is InChI=1S/C13H12Cl2N2O2/c14-10-1-2-12(11(15)5-10)19-8-13(18)17-7-9-3-4-16-6-9/h1-6,16H,7-8H2,(H,17,18). The molecule has 0 saturated carbocycles. The largest absolute Gasteiger partial charge is 0.482 e. The third kappa shape index (κ3) is 4.19. The summed E-state index contributed by atoms with van der Waals surface area (Å²) in [7, 11) is 0. The number of carbonyl (C=O) groups is 1. The molecule has 0 atom stereocenters. The first-order valence-corrected chi connectivity index (χ1v) is 6.37. The normalized spacial score (nSPS) is 10.2. The van der Waals surface area contributed by atoms with Crippen LogP contribution >= 0.6 is 23.2 Å². The zero-order valence-electron chi connectivity index (χ0n) is 9.95. The van der Waals surface area contributed by atoms with Crippen LogP contribution in [-0.4, -0.2) is 17.5 Å². The Morgan fingerprint density at radius 1 is 1.32 bits per heavy atom. The fraction of sp³-hybridized carbons (Fsp3) is 0.154. The van der Waals surface area contributed by atoms with E-state index in [1.54, 1.807) is 24.4 Å². The van der Waals surface area contributed by atoms with Gasteiger partial charge in [0.25, 0.3) is 5.91 Å². The summed E-state index contributed by atoms with van der Waals surface area (Å²) in [6.07, 6.45) is 3.61. The van der Waals surface area contributed by atoms with Crippen LogP contribution in [0.5, 0.6) is 5.75 Å².